The van der Waals surface area contributed by atoms with Crippen molar-refractivity contribution in [2.75, 3.05) is 0 Å². The number of para-hydroxylation sites is 2. The van der Waals surface area contributed by atoms with Crippen LogP contribution in [-0.2, 0) is 0 Å². The second-order valence-electron chi connectivity index (χ2n) is 13.6. The zero-order chi connectivity index (χ0) is 42.2. The first-order chi connectivity index (χ1) is 30.2. The molecule has 262 valence electrons. The van der Waals surface area contributed by atoms with Gasteiger partial charge in [0.2, 0.25) is 0 Å². The van der Waals surface area contributed by atoms with Crippen molar-refractivity contribution < 1.29 is 12.6 Å². The van der Waals surface area contributed by atoms with Crippen LogP contribution in [0.5, 0.6) is 0 Å². The molecule has 0 N–H and O–H groups in total. The van der Waals surface area contributed by atoms with Crippen LogP contribution in [0.15, 0.2) is 198 Å². The van der Waals surface area contributed by atoms with E-state index < -0.39 is 0 Å². The molecule has 11 aromatic rings. The fraction of sp³-hybridized carbons (Fsp3) is 0. The summed E-state index contributed by atoms with van der Waals surface area (Å²) >= 11 is 0. The molecule has 0 aliphatic rings. The fourth-order valence-corrected chi connectivity index (χ4v) is 7.55. The Hall–Kier alpha value is -7.63. The molecule has 0 bridgehead atoms. The molecule has 0 spiro atoms. The van der Waals surface area contributed by atoms with Crippen LogP contribution < -0.4 is 0 Å². The average Bonchev–Trinajstić information content (AvgIpc) is 3.88. The molecule has 0 aliphatic heterocycles. The van der Waals surface area contributed by atoms with Crippen molar-refractivity contribution in [1.29, 1.82) is 0 Å². The van der Waals surface area contributed by atoms with E-state index in [0.29, 0.717) is 34.3 Å². The Kier molecular flexibility index (Phi) is 6.10. The highest BCUT2D eigenvalue weighted by Crippen LogP contribution is 2.41. The summed E-state index contributed by atoms with van der Waals surface area (Å²) < 4.78 is 61.4. The van der Waals surface area contributed by atoms with Gasteiger partial charge in [0.25, 0.3) is 0 Å². The molecule has 0 fully saturated rings. The minimum absolute atomic E-state index is 0.0241. The van der Waals surface area contributed by atoms with Crippen molar-refractivity contribution >= 4 is 43.7 Å². The van der Waals surface area contributed by atoms with Crippen molar-refractivity contribution in [1.82, 2.24) is 19.5 Å². The maximum Gasteiger partial charge on any atom is 0.164 e. The fourth-order valence-electron chi connectivity index (χ4n) is 7.55. The van der Waals surface area contributed by atoms with E-state index >= 15 is 0 Å². The largest absolute Gasteiger partial charge is 0.455 e. The van der Waals surface area contributed by atoms with E-state index in [0.717, 1.165) is 49.7 Å². The van der Waals surface area contributed by atoms with Crippen LogP contribution in [0.4, 0.5) is 0 Å². The second-order valence-corrected chi connectivity index (χ2v) is 13.6. The molecular formula is C51H32N4O. The molecule has 0 atom stereocenters. The van der Waals surface area contributed by atoms with Crippen molar-refractivity contribution in [2.45, 2.75) is 0 Å². The number of furan rings is 1. The topological polar surface area (TPSA) is 56.7 Å². The lowest BCUT2D eigenvalue weighted by Crippen LogP contribution is -2.00. The first kappa shape index (κ1) is 26.2. The molecule has 0 radical (unpaired) electrons. The van der Waals surface area contributed by atoms with Crippen molar-refractivity contribution in [2.24, 2.45) is 0 Å². The van der Waals surface area contributed by atoms with Crippen molar-refractivity contribution in [3.05, 3.63) is 194 Å². The summed E-state index contributed by atoms with van der Waals surface area (Å²) in [4.78, 5) is 15.0. The molecule has 5 nitrogen and oxygen atoms in total. The minimum atomic E-state index is -0.165. The molecular weight excluding hydrogens is 685 g/mol. The SMILES string of the molecule is [2H]c1cc([2H])c2c(c1[2H])c1c([2H])c([2H])cc([2H])c1n2-c1cc(-c2ccccc2)c2oc3cc(-c4nc(-c5ccccc5)nc(-c5cccc(-c6ccccc6)c5)n4)ccc3c2c1. The van der Waals surface area contributed by atoms with E-state index in [2.05, 4.69) is 24.3 Å². The monoisotopic (exact) mass is 722 g/mol. The van der Waals surface area contributed by atoms with Gasteiger partial charge in [-0.1, -0.05) is 152 Å². The number of fused-ring (bicyclic) bond motifs is 6. The molecule has 3 heterocycles. The van der Waals surface area contributed by atoms with Gasteiger partial charge < -0.3 is 8.98 Å². The Labute approximate surface area is 331 Å². The number of benzene rings is 8. The zero-order valence-corrected chi connectivity index (χ0v) is 29.7. The Bertz CT molecular complexity index is 3520. The Morgan fingerprint density at radius 1 is 0.411 bits per heavy atom. The summed E-state index contributed by atoms with van der Waals surface area (Å²) in [7, 11) is 0. The van der Waals surface area contributed by atoms with Crippen LogP contribution in [0.1, 0.15) is 8.22 Å². The predicted molar refractivity (Wildman–Crippen MR) is 229 cm³/mol. The van der Waals surface area contributed by atoms with Gasteiger partial charge in [0, 0.05) is 49.5 Å². The summed E-state index contributed by atoms with van der Waals surface area (Å²) in [6, 6.07) is 49.7. The molecule has 3 aromatic heterocycles. The summed E-state index contributed by atoms with van der Waals surface area (Å²) in [6.07, 6.45) is 0. The standard InChI is InChI=1S/C51H32N4O/c1-4-15-33(16-5-1)36-21-14-22-37(29-36)50-52-49(35-19-8-3-9-20-35)53-51(54-50)38-27-28-42-44-32-39(31-43(34-17-6-2-7-18-34)48(44)56-47(42)30-38)55-45-25-12-10-23-40(45)41-24-11-13-26-46(41)55/h1-32H/i10D,11D,23D,24D,25D,26D. The van der Waals surface area contributed by atoms with Gasteiger partial charge in [-0.2, -0.15) is 0 Å². The van der Waals surface area contributed by atoms with Crippen molar-refractivity contribution in [3.63, 3.8) is 0 Å². The molecule has 11 rings (SSSR count). The minimum Gasteiger partial charge on any atom is -0.455 e. The van der Waals surface area contributed by atoms with E-state index in [9.17, 15) is 0 Å². The first-order valence-corrected chi connectivity index (χ1v) is 18.3. The van der Waals surface area contributed by atoms with E-state index in [-0.39, 0.29) is 58.1 Å². The van der Waals surface area contributed by atoms with Gasteiger partial charge in [-0.25, -0.2) is 15.0 Å². The summed E-state index contributed by atoms with van der Waals surface area (Å²) in [5.74, 6) is 1.54. The van der Waals surface area contributed by atoms with Gasteiger partial charge >= 0.3 is 0 Å². The predicted octanol–water partition coefficient (Wildman–Crippen LogP) is 13.2. The molecule has 5 heteroatoms. The Morgan fingerprint density at radius 2 is 0.964 bits per heavy atom. The maximum absolute atomic E-state index is 9.07. The lowest BCUT2D eigenvalue weighted by atomic mass is 10.0. The smallest absolute Gasteiger partial charge is 0.164 e. The normalized spacial score (nSPS) is 13.1. The quantitative estimate of drug-likeness (QED) is 0.171. The maximum atomic E-state index is 9.07. The van der Waals surface area contributed by atoms with Crippen LogP contribution in [0.2, 0.25) is 0 Å². The molecule has 8 aromatic carbocycles. The highest BCUT2D eigenvalue weighted by Gasteiger charge is 2.20. The highest BCUT2D eigenvalue weighted by molar-refractivity contribution is 6.13. The molecule has 0 amide bonds. The van der Waals surface area contributed by atoms with Crippen LogP contribution in [0, 0.1) is 0 Å². The van der Waals surface area contributed by atoms with E-state index in [1.165, 1.54) is 12.1 Å². The van der Waals surface area contributed by atoms with Gasteiger partial charge in [-0.15, -0.1) is 0 Å². The van der Waals surface area contributed by atoms with Gasteiger partial charge in [-0.3, -0.25) is 0 Å². The van der Waals surface area contributed by atoms with E-state index in [4.69, 9.17) is 27.6 Å². The summed E-state index contributed by atoms with van der Waals surface area (Å²) in [6.45, 7) is 0. The number of nitrogens with zero attached hydrogens (tertiary/aromatic N) is 4. The lowest BCUT2D eigenvalue weighted by Gasteiger charge is -2.11. The van der Waals surface area contributed by atoms with Crippen molar-refractivity contribution in [3.8, 4) is 62.1 Å². The third-order valence-corrected chi connectivity index (χ3v) is 10.2. The summed E-state index contributed by atoms with van der Waals surface area (Å²) in [5.41, 5.74) is 8.54. The molecule has 0 saturated heterocycles. The van der Waals surface area contributed by atoms with Crippen LogP contribution >= 0.6 is 0 Å². The van der Waals surface area contributed by atoms with E-state index in [1.54, 1.807) is 4.57 Å². The second kappa shape index (κ2) is 13.0. The number of rotatable bonds is 6. The Morgan fingerprint density at radius 3 is 1.62 bits per heavy atom. The average molecular weight is 723 g/mol. The molecule has 0 saturated carbocycles. The zero-order valence-electron chi connectivity index (χ0n) is 35.7. The number of hydrogen-bond donors (Lipinski definition) is 0. The Balaban J connectivity index is 1.14. The highest BCUT2D eigenvalue weighted by atomic mass is 16.3. The third-order valence-electron chi connectivity index (χ3n) is 10.2. The van der Waals surface area contributed by atoms with Crippen LogP contribution in [-0.4, -0.2) is 19.5 Å². The van der Waals surface area contributed by atoms with Gasteiger partial charge in [0.15, 0.2) is 17.5 Å². The van der Waals surface area contributed by atoms with Gasteiger partial charge in [0.05, 0.1) is 19.3 Å². The van der Waals surface area contributed by atoms with Gasteiger partial charge in [-0.05, 0) is 59.1 Å². The van der Waals surface area contributed by atoms with Crippen LogP contribution in [0.25, 0.3) is 106 Å². The van der Waals surface area contributed by atoms with E-state index in [1.807, 2.05) is 121 Å². The first-order valence-electron chi connectivity index (χ1n) is 21.3. The molecule has 0 unspecified atom stereocenters. The lowest BCUT2D eigenvalue weighted by molar-refractivity contribution is 0.670. The summed E-state index contributed by atoms with van der Waals surface area (Å²) in [5, 5.41) is 1.97. The van der Waals surface area contributed by atoms with Crippen LogP contribution in [0.3, 0.4) is 0 Å². The number of aromatic nitrogens is 4. The number of hydrogen-bond acceptors (Lipinski definition) is 4. The third kappa shape index (κ3) is 5.37. The van der Waals surface area contributed by atoms with Gasteiger partial charge in [0.1, 0.15) is 11.2 Å². The molecule has 56 heavy (non-hydrogen) atoms. The molecule has 0 aliphatic carbocycles.